The number of rotatable bonds is 4. The van der Waals surface area contributed by atoms with Crippen molar-refractivity contribution < 1.29 is 4.92 Å². The maximum absolute atomic E-state index is 11.4. The molecule has 0 radical (unpaired) electrons. The minimum atomic E-state index is -0.392. The predicted molar refractivity (Wildman–Crippen MR) is 118 cm³/mol. The first kappa shape index (κ1) is 19.1. The predicted octanol–water partition coefficient (Wildman–Crippen LogP) is 5.46. The molecule has 0 bridgehead atoms. The van der Waals surface area contributed by atoms with E-state index in [4.69, 9.17) is 4.98 Å². The number of aromatic nitrogens is 4. The molecule has 7 nitrogen and oxygen atoms in total. The van der Waals surface area contributed by atoms with Crippen LogP contribution in [0.5, 0.6) is 0 Å². The number of fused-ring (bicyclic) bond motifs is 5. The molecule has 0 amide bonds. The van der Waals surface area contributed by atoms with Gasteiger partial charge in [0.1, 0.15) is 11.2 Å². The molecule has 3 aromatic heterocycles. The van der Waals surface area contributed by atoms with Crippen LogP contribution in [0.1, 0.15) is 44.1 Å². The lowest BCUT2D eigenvalue weighted by Crippen LogP contribution is -2.28. The number of nitrogens with zero attached hydrogens (tertiary/aromatic N) is 5. The van der Waals surface area contributed by atoms with E-state index in [9.17, 15) is 10.1 Å². The number of nitro benzene ring substituents is 1. The number of benzene rings is 1. The lowest BCUT2D eigenvalue weighted by molar-refractivity contribution is -0.384. The summed E-state index contributed by atoms with van der Waals surface area (Å²) in [6, 6.07) is 6.60. The van der Waals surface area contributed by atoms with Gasteiger partial charge in [-0.2, -0.15) is 0 Å². The number of aryl methyl sites for hydroxylation is 1. The first-order chi connectivity index (χ1) is 14.4. The Kier molecular flexibility index (Phi) is 4.36. The highest BCUT2D eigenvalue weighted by molar-refractivity contribution is 7.19. The Morgan fingerprint density at radius 1 is 1.33 bits per heavy atom. The molecular formula is C22H23N5O2S. The smallest absolute Gasteiger partial charge is 0.258 e. The molecule has 0 fully saturated rings. The van der Waals surface area contributed by atoms with Gasteiger partial charge in [-0.25, -0.2) is 14.5 Å². The molecule has 30 heavy (non-hydrogen) atoms. The van der Waals surface area contributed by atoms with Gasteiger partial charge >= 0.3 is 0 Å². The van der Waals surface area contributed by atoms with Gasteiger partial charge in [-0.1, -0.05) is 39.3 Å². The van der Waals surface area contributed by atoms with E-state index in [1.54, 1.807) is 40.4 Å². The van der Waals surface area contributed by atoms with Crippen LogP contribution in [0.4, 0.5) is 5.69 Å². The summed E-state index contributed by atoms with van der Waals surface area (Å²) in [5.74, 6) is 1.02. The summed E-state index contributed by atoms with van der Waals surface area (Å²) >= 11 is 1.76. The van der Waals surface area contributed by atoms with Crippen molar-refractivity contribution in [3.8, 4) is 11.4 Å². The van der Waals surface area contributed by atoms with Gasteiger partial charge in [0.25, 0.3) is 5.69 Å². The Morgan fingerprint density at radius 2 is 2.13 bits per heavy atom. The molecule has 5 rings (SSSR count). The third-order valence-corrected chi connectivity index (χ3v) is 7.91. The van der Waals surface area contributed by atoms with E-state index < -0.39 is 4.92 Å². The van der Waals surface area contributed by atoms with Crippen LogP contribution in [0.15, 0.2) is 30.6 Å². The van der Waals surface area contributed by atoms with Gasteiger partial charge in [-0.3, -0.25) is 10.1 Å². The lowest BCUT2D eigenvalue weighted by Gasteiger charge is -2.36. The van der Waals surface area contributed by atoms with Crippen molar-refractivity contribution in [2.45, 2.75) is 46.5 Å². The zero-order chi connectivity index (χ0) is 21.0. The number of para-hydroxylation sites is 1. The number of hydrogen-bond donors (Lipinski definition) is 0. The van der Waals surface area contributed by atoms with Crippen LogP contribution in [0.3, 0.4) is 0 Å². The summed E-state index contributed by atoms with van der Waals surface area (Å²) in [4.78, 5) is 22.8. The molecule has 0 unspecified atom stereocenters. The molecule has 3 heterocycles. The second-order valence-corrected chi connectivity index (χ2v) is 9.77. The number of hydrogen-bond acceptors (Lipinski definition) is 6. The Hall–Kier alpha value is -2.87. The van der Waals surface area contributed by atoms with E-state index in [0.29, 0.717) is 22.7 Å². The van der Waals surface area contributed by atoms with Crippen LogP contribution in [-0.2, 0) is 12.8 Å². The van der Waals surface area contributed by atoms with E-state index >= 15 is 0 Å². The molecule has 0 aliphatic heterocycles. The number of nitro groups is 1. The summed E-state index contributed by atoms with van der Waals surface area (Å²) in [6.45, 7) is 7.00. The van der Waals surface area contributed by atoms with Crippen LogP contribution in [0, 0.1) is 21.4 Å². The SMILES string of the molecule is CCC(C)(C)[C@H]1CCc2c(sc3ncn4nc(-c5ccccc5[N+](=O)[O-])nc4c23)C1. The topological polar surface area (TPSA) is 86.2 Å². The third-order valence-electron chi connectivity index (χ3n) is 6.74. The molecule has 8 heteroatoms. The van der Waals surface area contributed by atoms with E-state index in [1.807, 2.05) is 0 Å². The minimum Gasteiger partial charge on any atom is -0.258 e. The zero-order valence-electron chi connectivity index (χ0n) is 17.3. The van der Waals surface area contributed by atoms with Crippen molar-refractivity contribution >= 4 is 32.9 Å². The maximum Gasteiger partial charge on any atom is 0.280 e. The second kappa shape index (κ2) is 6.84. The minimum absolute atomic E-state index is 0.00888. The normalized spacial score (nSPS) is 16.8. The van der Waals surface area contributed by atoms with Gasteiger partial charge in [-0.05, 0) is 42.2 Å². The van der Waals surface area contributed by atoms with E-state index in [0.717, 1.165) is 35.1 Å². The van der Waals surface area contributed by atoms with Crippen LogP contribution in [0.2, 0.25) is 0 Å². The molecule has 4 aromatic rings. The quantitative estimate of drug-likeness (QED) is 0.323. The van der Waals surface area contributed by atoms with Gasteiger partial charge in [0.2, 0.25) is 0 Å². The average Bonchev–Trinajstić information content (AvgIpc) is 3.33. The molecule has 1 aliphatic carbocycles. The standard InChI is InChI=1S/C22H23N5O2S/c1-4-22(2,3)13-9-10-15-17(11-13)30-21-18(15)20-24-19(25-26(20)12-23-21)14-7-5-6-8-16(14)27(28)29/h5-8,12-13H,4,9-11H2,1-3H3/t13-/m0/s1. The fourth-order valence-corrected chi connectivity index (χ4v) is 5.73. The third kappa shape index (κ3) is 2.89. The van der Waals surface area contributed by atoms with E-state index in [-0.39, 0.29) is 5.69 Å². The Labute approximate surface area is 177 Å². The molecule has 0 spiro atoms. The highest BCUT2D eigenvalue weighted by Crippen LogP contribution is 2.45. The van der Waals surface area contributed by atoms with E-state index in [2.05, 4.69) is 30.9 Å². The van der Waals surface area contributed by atoms with Gasteiger partial charge in [0.05, 0.1) is 15.9 Å². The van der Waals surface area contributed by atoms with Crippen molar-refractivity contribution in [1.82, 2.24) is 19.6 Å². The van der Waals surface area contributed by atoms with Crippen molar-refractivity contribution in [3.63, 3.8) is 0 Å². The van der Waals surface area contributed by atoms with Gasteiger partial charge in [-0.15, -0.1) is 16.4 Å². The van der Waals surface area contributed by atoms with Crippen molar-refractivity contribution in [2.75, 3.05) is 0 Å². The number of thiophene rings is 1. The van der Waals surface area contributed by atoms with E-state index in [1.165, 1.54) is 22.9 Å². The molecule has 1 aliphatic rings. The summed E-state index contributed by atoms with van der Waals surface area (Å²) in [7, 11) is 0. The zero-order valence-corrected chi connectivity index (χ0v) is 18.1. The fourth-order valence-electron chi connectivity index (χ4n) is 4.47. The van der Waals surface area contributed by atoms with Crippen molar-refractivity contribution in [2.24, 2.45) is 11.3 Å². The molecular weight excluding hydrogens is 398 g/mol. The summed E-state index contributed by atoms with van der Waals surface area (Å²) < 4.78 is 1.66. The largest absolute Gasteiger partial charge is 0.280 e. The molecule has 0 saturated heterocycles. The second-order valence-electron chi connectivity index (χ2n) is 8.69. The summed E-state index contributed by atoms with van der Waals surface area (Å²) in [5, 5.41) is 17.0. The Bertz CT molecular complexity index is 1290. The Balaban J connectivity index is 1.65. The fraction of sp³-hybridized carbons (Fsp3) is 0.409. The average molecular weight is 422 g/mol. The first-order valence-electron chi connectivity index (χ1n) is 10.3. The van der Waals surface area contributed by atoms with Gasteiger partial charge < -0.3 is 0 Å². The molecule has 0 N–H and O–H groups in total. The molecule has 154 valence electrons. The summed E-state index contributed by atoms with van der Waals surface area (Å²) in [5.41, 5.74) is 2.82. The monoisotopic (exact) mass is 421 g/mol. The summed E-state index contributed by atoms with van der Waals surface area (Å²) in [6.07, 6.45) is 6.08. The highest BCUT2D eigenvalue weighted by Gasteiger charge is 2.33. The molecule has 0 saturated carbocycles. The van der Waals surface area contributed by atoms with Crippen molar-refractivity contribution in [3.05, 3.63) is 51.1 Å². The first-order valence-corrected chi connectivity index (χ1v) is 11.1. The van der Waals surface area contributed by atoms with Crippen LogP contribution < -0.4 is 0 Å². The molecule has 1 atom stereocenters. The van der Waals surface area contributed by atoms with Gasteiger partial charge in [0, 0.05) is 10.9 Å². The maximum atomic E-state index is 11.4. The highest BCUT2D eigenvalue weighted by atomic mass is 32.1. The van der Waals surface area contributed by atoms with Gasteiger partial charge in [0.15, 0.2) is 11.5 Å². The Morgan fingerprint density at radius 3 is 2.90 bits per heavy atom. The van der Waals surface area contributed by atoms with Crippen LogP contribution >= 0.6 is 11.3 Å². The lowest BCUT2D eigenvalue weighted by atomic mass is 9.70. The van der Waals surface area contributed by atoms with Crippen LogP contribution in [-0.4, -0.2) is 24.5 Å². The van der Waals surface area contributed by atoms with Crippen LogP contribution in [0.25, 0.3) is 27.3 Å². The van der Waals surface area contributed by atoms with Crippen molar-refractivity contribution in [1.29, 1.82) is 0 Å². The molecule has 1 aromatic carbocycles.